The number of thiocarbonyl (C=S) groups is 1. The van der Waals surface area contributed by atoms with Crippen LogP contribution in [0.2, 0.25) is 0 Å². The molecule has 2 aromatic rings. The van der Waals surface area contributed by atoms with Gasteiger partial charge in [-0.25, -0.2) is 0 Å². The number of nitrogens with zero attached hydrogens (tertiary/aromatic N) is 1. The van der Waals surface area contributed by atoms with Crippen LogP contribution in [-0.4, -0.2) is 34.8 Å². The van der Waals surface area contributed by atoms with Crippen LogP contribution in [0.25, 0.3) is 16.5 Å². The molecule has 2 bridgehead atoms. The molecule has 1 aliphatic heterocycles. The number of hydrogen-bond donors (Lipinski definition) is 1. The summed E-state index contributed by atoms with van der Waals surface area (Å²) < 4.78 is 6.17. The van der Waals surface area contributed by atoms with E-state index >= 15 is 0 Å². The maximum atomic E-state index is 13.5. The number of carbonyl (C=O) groups is 1. The summed E-state index contributed by atoms with van der Waals surface area (Å²) in [5.74, 6) is 2.37. The van der Waals surface area contributed by atoms with Crippen molar-refractivity contribution in [2.45, 2.75) is 57.4 Å². The van der Waals surface area contributed by atoms with E-state index in [0.29, 0.717) is 12.0 Å². The minimum atomic E-state index is 0. The Labute approximate surface area is 228 Å². The van der Waals surface area contributed by atoms with E-state index in [0.717, 1.165) is 65.1 Å². The monoisotopic (exact) mass is 548 g/mol. The van der Waals surface area contributed by atoms with Crippen molar-refractivity contribution in [3.8, 4) is 16.2 Å². The third-order valence-corrected chi connectivity index (χ3v) is 9.97. The van der Waals surface area contributed by atoms with Crippen molar-refractivity contribution < 1.29 is 9.53 Å². The smallest absolute Gasteiger partial charge is 0.266 e. The van der Waals surface area contributed by atoms with E-state index in [2.05, 4.69) is 24.3 Å². The van der Waals surface area contributed by atoms with Gasteiger partial charge >= 0.3 is 0 Å². The zero-order valence-corrected chi connectivity index (χ0v) is 23.3. The maximum Gasteiger partial charge on any atom is 0.266 e. The first-order chi connectivity index (χ1) is 16.6. The first-order valence-corrected chi connectivity index (χ1v) is 14.4. The first-order valence-electron chi connectivity index (χ1n) is 12.3. The van der Waals surface area contributed by atoms with Crippen molar-refractivity contribution in [3.05, 3.63) is 45.7 Å². The Hall–Kier alpha value is -1.38. The summed E-state index contributed by atoms with van der Waals surface area (Å²) in [7, 11) is 1.69. The average molecular weight is 549 g/mol. The molecule has 2 heterocycles. The Bertz CT molecular complexity index is 1120. The lowest BCUT2D eigenvalue weighted by Crippen LogP contribution is -2.41. The van der Waals surface area contributed by atoms with Crippen molar-refractivity contribution in [1.29, 1.82) is 0 Å². The van der Waals surface area contributed by atoms with Gasteiger partial charge in [-0.15, -0.1) is 23.7 Å². The van der Waals surface area contributed by atoms with Gasteiger partial charge in [0.2, 0.25) is 0 Å². The number of carbonyl (C=O) groups excluding carboxylic acids is 1. The number of halogens is 1. The number of amides is 1. The van der Waals surface area contributed by atoms with Crippen molar-refractivity contribution in [2.24, 2.45) is 17.6 Å². The van der Waals surface area contributed by atoms with E-state index in [-0.39, 0.29) is 18.3 Å². The quantitative estimate of drug-likeness (QED) is 0.210. The molecule has 1 saturated heterocycles. The molecule has 3 fully saturated rings. The van der Waals surface area contributed by atoms with Gasteiger partial charge in [0.05, 0.1) is 12.0 Å². The summed E-state index contributed by atoms with van der Waals surface area (Å²) in [6.45, 7) is 0.733. The third-order valence-electron chi connectivity index (χ3n) is 7.46. The molecular formula is C27H33ClN2O2S3. The van der Waals surface area contributed by atoms with Gasteiger partial charge in [0, 0.05) is 15.8 Å². The molecule has 8 heteroatoms. The first kappa shape index (κ1) is 26.7. The van der Waals surface area contributed by atoms with Gasteiger partial charge in [0.25, 0.3) is 5.91 Å². The fraction of sp³-hybridized carbons (Fsp3) is 0.481. The van der Waals surface area contributed by atoms with Crippen LogP contribution in [0.15, 0.2) is 35.2 Å². The number of rotatable bonds is 9. The third kappa shape index (κ3) is 5.64. The van der Waals surface area contributed by atoms with E-state index in [1.54, 1.807) is 18.4 Å². The van der Waals surface area contributed by atoms with E-state index < -0.39 is 0 Å². The molecule has 2 saturated carbocycles. The highest BCUT2D eigenvalue weighted by Crippen LogP contribution is 2.49. The van der Waals surface area contributed by atoms with Gasteiger partial charge in [0.1, 0.15) is 10.1 Å². The fourth-order valence-corrected chi connectivity index (χ4v) is 8.31. The molecule has 5 rings (SSSR count). The molecule has 1 aromatic carbocycles. The molecule has 0 spiro atoms. The SMILES string of the molecule is COc1cccc(-c2cc(CCCCCN)c(/C=C3/SC(=S)N(C4CC5CCC4C5)C3=O)s2)c1.Cl. The number of benzene rings is 1. The second kappa shape index (κ2) is 11.8. The molecular weight excluding hydrogens is 516 g/mol. The Balaban J connectivity index is 0.00000289. The molecule has 3 aliphatic rings. The molecule has 188 valence electrons. The number of methoxy groups -OCH3 is 1. The number of thioether (sulfide) groups is 1. The van der Waals surface area contributed by atoms with Gasteiger partial charge in [-0.05, 0) is 92.3 Å². The summed E-state index contributed by atoms with van der Waals surface area (Å²) in [4.78, 5) is 18.6. The number of unbranched alkanes of at least 4 members (excludes halogenated alkanes) is 2. The second-order valence-electron chi connectivity index (χ2n) is 9.63. The highest BCUT2D eigenvalue weighted by Gasteiger charge is 2.48. The largest absolute Gasteiger partial charge is 0.497 e. The number of aryl methyl sites for hydroxylation is 1. The molecule has 2 aliphatic carbocycles. The molecule has 35 heavy (non-hydrogen) atoms. The van der Waals surface area contributed by atoms with Crippen LogP contribution in [0.3, 0.4) is 0 Å². The number of ether oxygens (including phenoxy) is 1. The molecule has 3 atom stereocenters. The van der Waals surface area contributed by atoms with E-state index in [1.807, 2.05) is 17.0 Å². The number of nitrogens with two attached hydrogens (primary N) is 1. The minimum absolute atomic E-state index is 0. The van der Waals surface area contributed by atoms with Crippen molar-refractivity contribution in [1.82, 2.24) is 4.90 Å². The van der Waals surface area contributed by atoms with E-state index in [1.165, 1.54) is 46.3 Å². The molecule has 0 radical (unpaired) electrons. The Kier molecular flexibility index (Phi) is 8.98. The maximum absolute atomic E-state index is 13.5. The van der Waals surface area contributed by atoms with Gasteiger partial charge in [0.15, 0.2) is 0 Å². The van der Waals surface area contributed by atoms with Crippen molar-refractivity contribution >= 4 is 64.0 Å². The predicted molar refractivity (Wildman–Crippen MR) is 154 cm³/mol. The fourth-order valence-electron chi connectivity index (χ4n) is 5.73. The van der Waals surface area contributed by atoms with E-state index in [9.17, 15) is 4.79 Å². The zero-order valence-electron chi connectivity index (χ0n) is 20.0. The van der Waals surface area contributed by atoms with E-state index in [4.69, 9.17) is 22.7 Å². The lowest BCUT2D eigenvalue weighted by atomic mass is 9.94. The van der Waals surface area contributed by atoms with Crippen LogP contribution < -0.4 is 10.5 Å². The lowest BCUT2D eigenvalue weighted by Gasteiger charge is -2.30. The molecule has 2 N–H and O–H groups in total. The van der Waals surface area contributed by atoms with Crippen LogP contribution in [0.1, 0.15) is 55.4 Å². The van der Waals surface area contributed by atoms with Crippen LogP contribution >= 0.6 is 47.7 Å². The molecule has 1 amide bonds. The molecule has 4 nitrogen and oxygen atoms in total. The normalized spacial score (nSPS) is 24.5. The second-order valence-corrected chi connectivity index (χ2v) is 12.4. The highest BCUT2D eigenvalue weighted by molar-refractivity contribution is 8.26. The average Bonchev–Trinajstić information content (AvgIpc) is 3.62. The summed E-state index contributed by atoms with van der Waals surface area (Å²) in [5.41, 5.74) is 8.13. The number of hydrogen-bond acceptors (Lipinski definition) is 6. The zero-order chi connectivity index (χ0) is 23.7. The Morgan fingerprint density at radius 1 is 1.20 bits per heavy atom. The summed E-state index contributed by atoms with van der Waals surface area (Å²) in [6.07, 6.45) is 11.3. The number of fused-ring (bicyclic) bond motifs is 2. The molecule has 3 unspecified atom stereocenters. The number of thiophene rings is 1. The van der Waals surface area contributed by atoms with Crippen LogP contribution in [0.5, 0.6) is 5.75 Å². The predicted octanol–water partition coefficient (Wildman–Crippen LogP) is 6.91. The van der Waals surface area contributed by atoms with Crippen LogP contribution in [-0.2, 0) is 11.2 Å². The topological polar surface area (TPSA) is 55.6 Å². The highest BCUT2D eigenvalue weighted by atomic mass is 35.5. The Morgan fingerprint density at radius 2 is 2.06 bits per heavy atom. The summed E-state index contributed by atoms with van der Waals surface area (Å²) in [6, 6.07) is 10.8. The van der Waals surface area contributed by atoms with Gasteiger partial charge in [-0.1, -0.05) is 49.0 Å². The van der Waals surface area contributed by atoms with Gasteiger partial charge in [-0.2, -0.15) is 0 Å². The standard InChI is InChI=1S/C27H32N2O2S3.ClH/c1-31-21-8-5-7-19(14-21)23-15-20(6-3-2-4-11-28)24(33-23)16-25-26(30)29(27(32)34-25)22-13-17-9-10-18(22)12-17;/h5,7-8,14-18,22H,2-4,6,9-13,28H2,1H3;1H/b25-16+;. The summed E-state index contributed by atoms with van der Waals surface area (Å²) >= 11 is 8.94. The minimum Gasteiger partial charge on any atom is -0.497 e. The van der Waals surface area contributed by atoms with Crippen molar-refractivity contribution in [2.75, 3.05) is 13.7 Å². The Morgan fingerprint density at radius 3 is 2.77 bits per heavy atom. The summed E-state index contributed by atoms with van der Waals surface area (Å²) in [5, 5.41) is 0. The van der Waals surface area contributed by atoms with Crippen LogP contribution in [0, 0.1) is 11.8 Å². The van der Waals surface area contributed by atoms with Crippen molar-refractivity contribution in [3.63, 3.8) is 0 Å². The van der Waals surface area contributed by atoms with Crippen LogP contribution in [0.4, 0.5) is 0 Å². The van der Waals surface area contributed by atoms with Gasteiger partial charge in [-0.3, -0.25) is 9.69 Å². The van der Waals surface area contributed by atoms with Gasteiger partial charge < -0.3 is 10.5 Å². The molecule has 1 aromatic heterocycles. The lowest BCUT2D eigenvalue weighted by molar-refractivity contribution is -0.124.